The first-order valence-electron chi connectivity index (χ1n) is 6.73. The Morgan fingerprint density at radius 2 is 2.28 bits per heavy atom. The second kappa shape index (κ2) is 5.02. The highest BCUT2D eigenvalue weighted by molar-refractivity contribution is 5.04. The Morgan fingerprint density at radius 1 is 1.56 bits per heavy atom. The van der Waals surface area contributed by atoms with Crippen molar-refractivity contribution in [3.05, 3.63) is 18.0 Å². The summed E-state index contributed by atoms with van der Waals surface area (Å²) >= 11 is 0. The molecule has 0 spiro atoms. The van der Waals surface area contributed by atoms with E-state index >= 15 is 0 Å². The fourth-order valence-corrected chi connectivity index (χ4v) is 2.94. The number of likely N-dealkylation sites (N-methyl/N-ethyl adjacent to an activating group) is 1. The van der Waals surface area contributed by atoms with Gasteiger partial charge in [0.15, 0.2) is 0 Å². The summed E-state index contributed by atoms with van der Waals surface area (Å²) in [7, 11) is 4.03. The minimum absolute atomic E-state index is 0.195. The third kappa shape index (κ3) is 3.12. The lowest BCUT2D eigenvalue weighted by molar-refractivity contribution is -0.0102. The zero-order valence-corrected chi connectivity index (χ0v) is 11.9. The molecule has 1 saturated carbocycles. The molecule has 1 N–H and O–H groups in total. The van der Waals surface area contributed by atoms with Gasteiger partial charge in [0.05, 0.1) is 12.3 Å². The zero-order valence-electron chi connectivity index (χ0n) is 11.9. The normalized spacial score (nSPS) is 27.7. The number of aliphatic hydroxyl groups is 1. The molecule has 1 aliphatic rings. The average molecular weight is 251 g/mol. The van der Waals surface area contributed by atoms with Gasteiger partial charge in [-0.2, -0.15) is 5.10 Å². The number of rotatable bonds is 3. The van der Waals surface area contributed by atoms with Crippen LogP contribution in [0.25, 0.3) is 0 Å². The van der Waals surface area contributed by atoms with E-state index in [0.29, 0.717) is 5.41 Å². The number of nitrogens with zero attached hydrogens (tertiary/aromatic N) is 3. The maximum atomic E-state index is 10.2. The van der Waals surface area contributed by atoms with Gasteiger partial charge in [-0.05, 0) is 31.7 Å². The molecule has 1 fully saturated rings. The van der Waals surface area contributed by atoms with Crippen molar-refractivity contribution in [2.45, 2.75) is 51.8 Å². The molecule has 4 nitrogen and oxygen atoms in total. The summed E-state index contributed by atoms with van der Waals surface area (Å²) in [5, 5.41) is 14.4. The van der Waals surface area contributed by atoms with Crippen LogP contribution in [-0.2, 0) is 13.6 Å². The molecule has 1 aliphatic carbocycles. The van der Waals surface area contributed by atoms with Gasteiger partial charge in [-0.15, -0.1) is 0 Å². The summed E-state index contributed by atoms with van der Waals surface area (Å²) in [5.74, 6) is 0. The predicted octanol–water partition coefficient (Wildman–Crippen LogP) is 1.79. The molecular weight excluding hydrogens is 226 g/mol. The van der Waals surface area contributed by atoms with Crippen molar-refractivity contribution in [3.8, 4) is 0 Å². The van der Waals surface area contributed by atoms with E-state index in [1.165, 1.54) is 5.56 Å². The summed E-state index contributed by atoms with van der Waals surface area (Å²) < 4.78 is 1.82. The van der Waals surface area contributed by atoms with Gasteiger partial charge in [0, 0.05) is 31.4 Å². The lowest BCUT2D eigenvalue weighted by atomic mass is 9.73. The van der Waals surface area contributed by atoms with E-state index < -0.39 is 0 Å². The molecule has 2 unspecified atom stereocenters. The molecule has 0 radical (unpaired) electrons. The largest absolute Gasteiger partial charge is 0.391 e. The number of hydrogen-bond acceptors (Lipinski definition) is 3. The lowest BCUT2D eigenvalue weighted by Crippen LogP contribution is -2.47. The Morgan fingerprint density at radius 3 is 2.89 bits per heavy atom. The molecule has 102 valence electrons. The fraction of sp³-hybridized carbons (Fsp3) is 0.786. The third-order valence-electron chi connectivity index (χ3n) is 4.08. The van der Waals surface area contributed by atoms with Crippen LogP contribution in [0.4, 0.5) is 0 Å². The maximum absolute atomic E-state index is 10.2. The van der Waals surface area contributed by atoms with Crippen LogP contribution in [0.15, 0.2) is 12.4 Å². The first-order valence-corrected chi connectivity index (χ1v) is 6.73. The second-order valence-corrected chi connectivity index (χ2v) is 6.48. The van der Waals surface area contributed by atoms with Gasteiger partial charge >= 0.3 is 0 Å². The minimum atomic E-state index is -0.195. The topological polar surface area (TPSA) is 41.3 Å². The lowest BCUT2D eigenvalue weighted by Gasteiger charge is -2.42. The molecule has 0 bridgehead atoms. The van der Waals surface area contributed by atoms with E-state index in [0.717, 1.165) is 25.8 Å². The highest BCUT2D eigenvalue weighted by atomic mass is 16.3. The molecule has 2 rings (SSSR count). The summed E-state index contributed by atoms with van der Waals surface area (Å²) in [6.45, 7) is 5.44. The molecule has 1 aromatic rings. The number of aliphatic hydroxyl groups excluding tert-OH is 1. The van der Waals surface area contributed by atoms with E-state index in [2.05, 4.69) is 30.9 Å². The van der Waals surface area contributed by atoms with Crippen LogP contribution in [0.5, 0.6) is 0 Å². The molecule has 18 heavy (non-hydrogen) atoms. The standard InChI is InChI=1S/C14H25N3O/c1-14(2)6-5-13(18)12(7-14)16(3)9-11-8-15-17(4)10-11/h8,10,12-13,18H,5-7,9H2,1-4H3. The fourth-order valence-electron chi connectivity index (χ4n) is 2.94. The Balaban J connectivity index is 2.00. The highest BCUT2D eigenvalue weighted by Crippen LogP contribution is 2.37. The Kier molecular flexibility index (Phi) is 3.78. The van der Waals surface area contributed by atoms with Crippen LogP contribution < -0.4 is 0 Å². The molecular formula is C14H25N3O. The van der Waals surface area contributed by atoms with Gasteiger partial charge in [-0.25, -0.2) is 0 Å². The van der Waals surface area contributed by atoms with Crippen molar-refractivity contribution in [1.82, 2.24) is 14.7 Å². The smallest absolute Gasteiger partial charge is 0.0695 e. The van der Waals surface area contributed by atoms with E-state index in [1.54, 1.807) is 0 Å². The van der Waals surface area contributed by atoms with Crippen molar-refractivity contribution in [2.75, 3.05) is 7.05 Å². The quantitative estimate of drug-likeness (QED) is 0.890. The van der Waals surface area contributed by atoms with E-state index in [-0.39, 0.29) is 12.1 Å². The molecule has 0 amide bonds. The molecule has 0 aliphatic heterocycles. The first kappa shape index (κ1) is 13.6. The van der Waals surface area contributed by atoms with Crippen molar-refractivity contribution in [1.29, 1.82) is 0 Å². The van der Waals surface area contributed by atoms with E-state index in [9.17, 15) is 5.11 Å². The molecule has 1 aromatic heterocycles. The predicted molar refractivity (Wildman–Crippen MR) is 72.1 cm³/mol. The average Bonchev–Trinajstić information content (AvgIpc) is 2.67. The molecule has 0 saturated heterocycles. The minimum Gasteiger partial charge on any atom is -0.391 e. The van der Waals surface area contributed by atoms with Crippen LogP contribution in [0.1, 0.15) is 38.7 Å². The Hall–Kier alpha value is -0.870. The van der Waals surface area contributed by atoms with Crippen LogP contribution in [0.2, 0.25) is 0 Å². The zero-order chi connectivity index (χ0) is 13.3. The van der Waals surface area contributed by atoms with E-state index in [1.807, 2.05) is 24.1 Å². The van der Waals surface area contributed by atoms with E-state index in [4.69, 9.17) is 0 Å². The van der Waals surface area contributed by atoms with Gasteiger partial charge in [-0.3, -0.25) is 9.58 Å². The van der Waals surface area contributed by atoms with Crippen LogP contribution >= 0.6 is 0 Å². The third-order valence-corrected chi connectivity index (χ3v) is 4.08. The van der Waals surface area contributed by atoms with Gasteiger partial charge in [0.1, 0.15) is 0 Å². The van der Waals surface area contributed by atoms with Crippen molar-refractivity contribution in [2.24, 2.45) is 12.5 Å². The van der Waals surface area contributed by atoms with Crippen LogP contribution in [0.3, 0.4) is 0 Å². The van der Waals surface area contributed by atoms with Crippen LogP contribution in [-0.4, -0.2) is 39.0 Å². The van der Waals surface area contributed by atoms with Crippen molar-refractivity contribution < 1.29 is 5.11 Å². The molecule has 2 atom stereocenters. The van der Waals surface area contributed by atoms with Crippen LogP contribution in [0, 0.1) is 5.41 Å². The Labute approximate surface area is 110 Å². The number of aryl methyl sites for hydroxylation is 1. The van der Waals surface area contributed by atoms with Crippen molar-refractivity contribution >= 4 is 0 Å². The Bertz CT molecular complexity index is 399. The summed E-state index contributed by atoms with van der Waals surface area (Å²) in [5.41, 5.74) is 1.54. The van der Waals surface area contributed by atoms with Crippen molar-refractivity contribution in [3.63, 3.8) is 0 Å². The summed E-state index contributed by atoms with van der Waals surface area (Å²) in [4.78, 5) is 2.27. The van der Waals surface area contributed by atoms with Gasteiger partial charge in [-0.1, -0.05) is 13.8 Å². The SMILES string of the molecule is CN(Cc1cnn(C)c1)C1CC(C)(C)CCC1O. The highest BCUT2D eigenvalue weighted by Gasteiger charge is 2.35. The second-order valence-electron chi connectivity index (χ2n) is 6.48. The summed E-state index contributed by atoms with van der Waals surface area (Å²) in [6.07, 6.45) is 6.83. The maximum Gasteiger partial charge on any atom is 0.0695 e. The van der Waals surface area contributed by atoms with Gasteiger partial charge in [0.25, 0.3) is 0 Å². The number of hydrogen-bond donors (Lipinski definition) is 1. The number of aromatic nitrogens is 2. The van der Waals surface area contributed by atoms with Gasteiger partial charge in [0.2, 0.25) is 0 Å². The monoisotopic (exact) mass is 251 g/mol. The first-order chi connectivity index (χ1) is 8.37. The van der Waals surface area contributed by atoms with Gasteiger partial charge < -0.3 is 5.11 Å². The summed E-state index contributed by atoms with van der Waals surface area (Å²) in [6, 6.07) is 0.258. The molecule has 0 aromatic carbocycles. The molecule has 1 heterocycles. The molecule has 4 heteroatoms.